The van der Waals surface area contributed by atoms with Crippen LogP contribution >= 0.6 is 24.0 Å². The van der Waals surface area contributed by atoms with Crippen molar-refractivity contribution in [1.29, 1.82) is 0 Å². The molecule has 1 atom stereocenters. The monoisotopic (exact) mass is 512 g/mol. The molecule has 6 nitrogen and oxygen atoms in total. The molecule has 0 aliphatic carbocycles. The van der Waals surface area contributed by atoms with Crippen LogP contribution in [0.15, 0.2) is 45.8 Å². The van der Waals surface area contributed by atoms with Gasteiger partial charge in [-0.2, -0.15) is 0 Å². The molecular formula is C22H33IN4O2. The first-order valence-electron chi connectivity index (χ1n) is 10.2. The first-order chi connectivity index (χ1) is 13.7. The highest BCUT2D eigenvalue weighted by Crippen LogP contribution is 2.26. The number of hydrogen-bond acceptors (Lipinski definition) is 4. The Morgan fingerprint density at radius 3 is 2.59 bits per heavy atom. The summed E-state index contributed by atoms with van der Waals surface area (Å²) in [5.74, 6) is 3.66. The summed E-state index contributed by atoms with van der Waals surface area (Å²) >= 11 is 0. The van der Waals surface area contributed by atoms with E-state index in [9.17, 15) is 0 Å². The van der Waals surface area contributed by atoms with E-state index in [1.807, 2.05) is 38.1 Å². The molecule has 2 aromatic rings. The van der Waals surface area contributed by atoms with Crippen molar-refractivity contribution in [2.45, 2.75) is 39.3 Å². The number of nitrogens with zero attached hydrogens (tertiary/aromatic N) is 2. The molecule has 2 N–H and O–H groups in total. The summed E-state index contributed by atoms with van der Waals surface area (Å²) in [4.78, 5) is 6.87. The van der Waals surface area contributed by atoms with Gasteiger partial charge in [0.05, 0.1) is 12.6 Å². The zero-order valence-electron chi connectivity index (χ0n) is 17.6. The van der Waals surface area contributed by atoms with Gasteiger partial charge < -0.3 is 19.8 Å². The third-order valence-corrected chi connectivity index (χ3v) is 5.08. The summed E-state index contributed by atoms with van der Waals surface area (Å²) in [6, 6.07) is 12.4. The molecule has 0 spiro atoms. The molecule has 1 aromatic heterocycles. The van der Waals surface area contributed by atoms with Gasteiger partial charge >= 0.3 is 0 Å². The number of nitrogens with one attached hydrogen (secondary N) is 2. The van der Waals surface area contributed by atoms with Crippen molar-refractivity contribution in [3.05, 3.63) is 53.5 Å². The van der Waals surface area contributed by atoms with E-state index in [0.717, 1.165) is 48.4 Å². The quantitative estimate of drug-likeness (QED) is 0.317. The van der Waals surface area contributed by atoms with Gasteiger partial charge in [-0.25, -0.2) is 0 Å². The maximum Gasteiger partial charge on any atom is 0.191 e. The average molecular weight is 512 g/mol. The summed E-state index contributed by atoms with van der Waals surface area (Å²) in [6.07, 6.45) is 2.49. The van der Waals surface area contributed by atoms with E-state index in [0.29, 0.717) is 13.2 Å². The van der Waals surface area contributed by atoms with Crippen molar-refractivity contribution >= 4 is 29.9 Å². The number of benzene rings is 1. The lowest BCUT2D eigenvalue weighted by Crippen LogP contribution is -2.42. The molecule has 0 saturated carbocycles. The van der Waals surface area contributed by atoms with E-state index >= 15 is 0 Å². The largest absolute Gasteiger partial charge is 0.494 e. The predicted octanol–water partition coefficient (Wildman–Crippen LogP) is 4.11. The number of furan rings is 1. The Morgan fingerprint density at radius 1 is 1.17 bits per heavy atom. The molecule has 29 heavy (non-hydrogen) atoms. The standard InChI is InChI=1S/C22H32N4O2.HI/c1-4-27-20-10-6-5-9-18(20)15-24-22(23-3)25-16-19(26-13-7-8-14-26)21-12-11-17(2)28-21;/h5-6,9-12,19H,4,7-8,13-16H2,1-3H3,(H2,23,24,25);1H. The van der Waals surface area contributed by atoms with Crippen molar-refractivity contribution in [3.63, 3.8) is 0 Å². The second kappa shape index (κ2) is 12.1. The third-order valence-electron chi connectivity index (χ3n) is 5.08. The van der Waals surface area contributed by atoms with Gasteiger partial charge in [0.2, 0.25) is 0 Å². The number of halogens is 1. The highest BCUT2D eigenvalue weighted by Gasteiger charge is 2.26. The highest BCUT2D eigenvalue weighted by molar-refractivity contribution is 14.0. The molecular weight excluding hydrogens is 479 g/mol. The molecule has 1 fully saturated rings. The smallest absolute Gasteiger partial charge is 0.191 e. The number of aliphatic imine (C=N–C) groups is 1. The maximum atomic E-state index is 5.94. The lowest BCUT2D eigenvalue weighted by molar-refractivity contribution is 0.213. The van der Waals surface area contributed by atoms with Crippen molar-refractivity contribution in [3.8, 4) is 5.75 Å². The summed E-state index contributed by atoms with van der Waals surface area (Å²) in [5, 5.41) is 6.87. The summed E-state index contributed by atoms with van der Waals surface area (Å²) in [7, 11) is 1.80. The van der Waals surface area contributed by atoms with Gasteiger partial charge in [0, 0.05) is 25.7 Å². The van der Waals surface area contributed by atoms with Crippen molar-refractivity contribution in [2.24, 2.45) is 4.99 Å². The molecule has 3 rings (SSSR count). The predicted molar refractivity (Wildman–Crippen MR) is 128 cm³/mol. The van der Waals surface area contributed by atoms with Gasteiger partial charge in [0.15, 0.2) is 5.96 Å². The summed E-state index contributed by atoms with van der Waals surface area (Å²) < 4.78 is 11.6. The van der Waals surface area contributed by atoms with Crippen LogP contribution < -0.4 is 15.4 Å². The number of ether oxygens (including phenoxy) is 1. The minimum atomic E-state index is 0. The number of rotatable bonds is 8. The van der Waals surface area contributed by atoms with Gasteiger partial charge in [-0.1, -0.05) is 18.2 Å². The molecule has 1 aromatic carbocycles. The van der Waals surface area contributed by atoms with Gasteiger partial charge in [-0.05, 0) is 58.0 Å². The minimum Gasteiger partial charge on any atom is -0.494 e. The van der Waals surface area contributed by atoms with Gasteiger partial charge in [-0.3, -0.25) is 9.89 Å². The number of aryl methyl sites for hydroxylation is 1. The zero-order valence-corrected chi connectivity index (χ0v) is 19.9. The van der Waals surface area contributed by atoms with E-state index in [1.165, 1.54) is 12.8 Å². The van der Waals surface area contributed by atoms with Crippen LogP contribution in [-0.2, 0) is 6.54 Å². The Morgan fingerprint density at radius 2 is 1.93 bits per heavy atom. The second-order valence-corrected chi connectivity index (χ2v) is 7.05. The Hall–Kier alpha value is -1.74. The highest BCUT2D eigenvalue weighted by atomic mass is 127. The van der Waals surface area contributed by atoms with E-state index in [-0.39, 0.29) is 30.0 Å². The fourth-order valence-electron chi connectivity index (χ4n) is 3.63. The van der Waals surface area contributed by atoms with Crippen LogP contribution in [0, 0.1) is 6.92 Å². The molecule has 7 heteroatoms. The number of hydrogen-bond donors (Lipinski definition) is 2. The van der Waals surface area contributed by atoms with Crippen molar-refractivity contribution in [1.82, 2.24) is 15.5 Å². The van der Waals surface area contributed by atoms with Crippen molar-refractivity contribution < 1.29 is 9.15 Å². The Labute approximate surface area is 191 Å². The fourth-order valence-corrected chi connectivity index (χ4v) is 3.63. The molecule has 1 saturated heterocycles. The topological polar surface area (TPSA) is 62.0 Å². The van der Waals surface area contributed by atoms with E-state index in [2.05, 4.69) is 32.7 Å². The lowest BCUT2D eigenvalue weighted by atomic mass is 10.2. The average Bonchev–Trinajstić information content (AvgIpc) is 3.38. The molecule has 1 unspecified atom stereocenters. The molecule has 0 radical (unpaired) electrons. The Kier molecular flexibility index (Phi) is 9.80. The van der Waals surface area contributed by atoms with Crippen LogP contribution in [0.5, 0.6) is 5.75 Å². The zero-order chi connectivity index (χ0) is 19.8. The second-order valence-electron chi connectivity index (χ2n) is 7.05. The SMILES string of the molecule is CCOc1ccccc1CNC(=NC)NCC(c1ccc(C)o1)N1CCCC1.I. The maximum absolute atomic E-state index is 5.94. The molecule has 1 aliphatic rings. The van der Waals surface area contributed by atoms with Gasteiger partial charge in [0.25, 0.3) is 0 Å². The molecule has 160 valence electrons. The first kappa shape index (κ1) is 23.5. The van der Waals surface area contributed by atoms with Crippen LogP contribution in [-0.4, -0.2) is 44.1 Å². The van der Waals surface area contributed by atoms with Crippen LogP contribution in [0.4, 0.5) is 0 Å². The van der Waals surface area contributed by atoms with E-state index in [4.69, 9.17) is 9.15 Å². The Bertz CT molecular complexity index is 772. The summed E-state index contributed by atoms with van der Waals surface area (Å²) in [6.45, 7) is 8.28. The first-order valence-corrected chi connectivity index (χ1v) is 10.2. The Balaban J connectivity index is 0.00000300. The van der Waals surface area contributed by atoms with Crippen LogP contribution in [0.1, 0.15) is 42.9 Å². The number of guanidine groups is 1. The minimum absolute atomic E-state index is 0. The number of para-hydroxylation sites is 1. The van der Waals surface area contributed by atoms with E-state index in [1.54, 1.807) is 7.05 Å². The fraction of sp³-hybridized carbons (Fsp3) is 0.500. The normalized spacial score (nSPS) is 15.6. The molecule has 0 bridgehead atoms. The molecule has 0 amide bonds. The third kappa shape index (κ3) is 6.64. The van der Waals surface area contributed by atoms with Crippen LogP contribution in [0.25, 0.3) is 0 Å². The van der Waals surface area contributed by atoms with E-state index < -0.39 is 0 Å². The number of likely N-dealkylation sites (tertiary alicyclic amines) is 1. The van der Waals surface area contributed by atoms with Crippen molar-refractivity contribution in [2.75, 3.05) is 33.3 Å². The van der Waals surface area contributed by atoms with Gasteiger partial charge in [-0.15, -0.1) is 24.0 Å². The van der Waals surface area contributed by atoms with Crippen LogP contribution in [0.3, 0.4) is 0 Å². The van der Waals surface area contributed by atoms with Crippen LogP contribution in [0.2, 0.25) is 0 Å². The molecule has 1 aliphatic heterocycles. The lowest BCUT2D eigenvalue weighted by Gasteiger charge is -2.27. The molecule has 2 heterocycles. The summed E-state index contributed by atoms with van der Waals surface area (Å²) in [5.41, 5.74) is 1.12. The van der Waals surface area contributed by atoms with Gasteiger partial charge in [0.1, 0.15) is 17.3 Å².